The van der Waals surface area contributed by atoms with Crippen LogP contribution in [-0.4, -0.2) is 21.8 Å². The molecular formula is C16H14N4O3. The average molecular weight is 310 g/mol. The van der Waals surface area contributed by atoms with Crippen LogP contribution in [0.4, 0.5) is 16.2 Å². The number of H-pyrrole nitrogens is 2. The second-order valence-electron chi connectivity index (χ2n) is 5.06. The summed E-state index contributed by atoms with van der Waals surface area (Å²) in [7, 11) is 0. The van der Waals surface area contributed by atoms with Gasteiger partial charge in [0.1, 0.15) is 0 Å². The van der Waals surface area contributed by atoms with Crippen molar-refractivity contribution in [1.29, 1.82) is 0 Å². The predicted molar refractivity (Wildman–Crippen MR) is 88.0 cm³/mol. The summed E-state index contributed by atoms with van der Waals surface area (Å²) in [6, 6.07) is 11.3. The second kappa shape index (κ2) is 5.80. The van der Waals surface area contributed by atoms with Crippen LogP contribution >= 0.6 is 0 Å². The maximum atomic E-state index is 12.0. The number of fused-ring (bicyclic) bond motifs is 1. The molecule has 0 spiro atoms. The molecule has 0 aliphatic rings. The Bertz CT molecular complexity index is 955. The summed E-state index contributed by atoms with van der Waals surface area (Å²) in [6.45, 7) is 1.46. The molecule has 1 aromatic heterocycles. The van der Waals surface area contributed by atoms with Crippen LogP contribution in [0.15, 0.2) is 47.3 Å². The smallest absolute Gasteiger partial charge is 0.308 e. The Morgan fingerprint density at radius 2 is 1.61 bits per heavy atom. The van der Waals surface area contributed by atoms with E-state index in [-0.39, 0.29) is 11.5 Å². The topological polar surface area (TPSA) is 107 Å². The number of Topliss-reactive ketones (excluding diaryl/α,β-unsaturated/α-hetero) is 1. The van der Waals surface area contributed by atoms with E-state index in [1.54, 1.807) is 42.5 Å². The van der Waals surface area contributed by atoms with Crippen LogP contribution in [0.3, 0.4) is 0 Å². The Labute approximate surface area is 130 Å². The fraction of sp³-hybridized carbons (Fsp3) is 0.0625. The van der Waals surface area contributed by atoms with Crippen LogP contribution in [-0.2, 0) is 0 Å². The first-order chi connectivity index (χ1) is 11.0. The minimum atomic E-state index is -0.442. The molecule has 0 unspecified atom stereocenters. The third-order valence-corrected chi connectivity index (χ3v) is 3.30. The van der Waals surface area contributed by atoms with Crippen LogP contribution in [0, 0.1) is 0 Å². The Morgan fingerprint density at radius 1 is 0.913 bits per heavy atom. The molecule has 0 bridgehead atoms. The third kappa shape index (κ3) is 3.29. The van der Waals surface area contributed by atoms with Crippen LogP contribution in [0.2, 0.25) is 0 Å². The molecule has 116 valence electrons. The summed E-state index contributed by atoms with van der Waals surface area (Å²) >= 11 is 0. The van der Waals surface area contributed by atoms with E-state index in [0.717, 1.165) is 0 Å². The zero-order valence-corrected chi connectivity index (χ0v) is 12.3. The van der Waals surface area contributed by atoms with Crippen molar-refractivity contribution in [2.75, 3.05) is 10.6 Å². The third-order valence-electron chi connectivity index (χ3n) is 3.30. The van der Waals surface area contributed by atoms with Gasteiger partial charge in [0.2, 0.25) is 0 Å². The van der Waals surface area contributed by atoms with Crippen molar-refractivity contribution in [1.82, 2.24) is 9.97 Å². The number of aromatic nitrogens is 2. The van der Waals surface area contributed by atoms with Crippen LogP contribution in [0.25, 0.3) is 11.0 Å². The molecule has 4 N–H and O–H groups in total. The van der Waals surface area contributed by atoms with Crippen LogP contribution < -0.4 is 16.3 Å². The van der Waals surface area contributed by atoms with Crippen LogP contribution in [0.1, 0.15) is 17.3 Å². The number of rotatable bonds is 3. The van der Waals surface area contributed by atoms with E-state index in [1.165, 1.54) is 6.92 Å². The lowest BCUT2D eigenvalue weighted by Gasteiger charge is -2.08. The zero-order valence-electron chi connectivity index (χ0n) is 12.3. The monoisotopic (exact) mass is 310 g/mol. The molecular weight excluding hydrogens is 296 g/mol. The van der Waals surface area contributed by atoms with Gasteiger partial charge in [-0.3, -0.25) is 4.79 Å². The quantitative estimate of drug-likeness (QED) is 0.559. The largest absolute Gasteiger partial charge is 0.323 e. The number of benzene rings is 2. The molecule has 0 aliphatic carbocycles. The van der Waals surface area contributed by atoms with E-state index in [0.29, 0.717) is 28.0 Å². The van der Waals surface area contributed by atoms with Crippen molar-refractivity contribution in [3.05, 3.63) is 58.5 Å². The first kappa shape index (κ1) is 14.6. The van der Waals surface area contributed by atoms with Crippen molar-refractivity contribution in [2.45, 2.75) is 6.92 Å². The lowest BCUT2D eigenvalue weighted by molar-refractivity contribution is 0.101. The summed E-state index contributed by atoms with van der Waals surface area (Å²) in [5, 5.41) is 5.33. The number of aromatic amines is 2. The van der Waals surface area contributed by atoms with Crippen molar-refractivity contribution in [3.63, 3.8) is 0 Å². The highest BCUT2D eigenvalue weighted by atomic mass is 16.2. The lowest BCUT2D eigenvalue weighted by atomic mass is 10.1. The Hall–Kier alpha value is -3.35. The van der Waals surface area contributed by atoms with Crippen molar-refractivity contribution < 1.29 is 9.59 Å². The van der Waals surface area contributed by atoms with Gasteiger partial charge in [-0.1, -0.05) is 12.1 Å². The van der Waals surface area contributed by atoms with E-state index >= 15 is 0 Å². The first-order valence-corrected chi connectivity index (χ1v) is 6.92. The molecule has 7 nitrogen and oxygen atoms in total. The number of anilines is 2. The Morgan fingerprint density at radius 3 is 2.35 bits per heavy atom. The zero-order chi connectivity index (χ0) is 16.4. The molecule has 0 saturated heterocycles. The number of ketones is 1. The summed E-state index contributed by atoms with van der Waals surface area (Å²) < 4.78 is 0. The highest BCUT2D eigenvalue weighted by Crippen LogP contribution is 2.16. The molecule has 1 heterocycles. The van der Waals surface area contributed by atoms with Crippen LogP contribution in [0.5, 0.6) is 0 Å². The highest BCUT2D eigenvalue weighted by molar-refractivity contribution is 6.02. The summed E-state index contributed by atoms with van der Waals surface area (Å²) in [4.78, 5) is 39.8. The number of imidazole rings is 1. The number of urea groups is 1. The molecule has 0 atom stereocenters. The number of hydrogen-bond donors (Lipinski definition) is 4. The van der Waals surface area contributed by atoms with Gasteiger partial charge in [-0.2, -0.15) is 0 Å². The van der Waals surface area contributed by atoms with E-state index in [4.69, 9.17) is 0 Å². The summed E-state index contributed by atoms with van der Waals surface area (Å²) in [5.41, 5.74) is 2.54. The SMILES string of the molecule is CC(=O)c1cccc(NC(=O)Nc2ccc3[nH]c(=O)[nH]c3c2)c1. The van der Waals surface area contributed by atoms with E-state index in [2.05, 4.69) is 20.6 Å². The van der Waals surface area contributed by atoms with Gasteiger partial charge in [0.05, 0.1) is 11.0 Å². The van der Waals surface area contributed by atoms with Gasteiger partial charge in [0, 0.05) is 16.9 Å². The number of nitrogens with one attached hydrogen (secondary N) is 4. The maximum Gasteiger partial charge on any atom is 0.323 e. The van der Waals surface area contributed by atoms with E-state index in [9.17, 15) is 14.4 Å². The van der Waals surface area contributed by atoms with Gasteiger partial charge in [0.15, 0.2) is 5.78 Å². The fourth-order valence-corrected chi connectivity index (χ4v) is 2.22. The Kier molecular flexibility index (Phi) is 3.68. The lowest BCUT2D eigenvalue weighted by Crippen LogP contribution is -2.19. The van der Waals surface area contributed by atoms with Gasteiger partial charge in [-0.25, -0.2) is 9.59 Å². The molecule has 23 heavy (non-hydrogen) atoms. The molecule has 2 amide bonds. The molecule has 2 aromatic carbocycles. The van der Waals surface area contributed by atoms with Crippen molar-refractivity contribution in [2.24, 2.45) is 0 Å². The number of carbonyl (C=O) groups excluding carboxylic acids is 2. The minimum Gasteiger partial charge on any atom is -0.308 e. The molecule has 7 heteroatoms. The predicted octanol–water partition coefficient (Wildman–Crippen LogP) is 2.70. The van der Waals surface area contributed by atoms with Gasteiger partial charge >= 0.3 is 11.7 Å². The standard InChI is InChI=1S/C16H14N4O3/c1-9(21)10-3-2-4-11(7-10)17-15(22)18-12-5-6-13-14(8-12)20-16(23)19-13/h2-8H,1H3,(H2,17,18,22)(H2,19,20,23). The average Bonchev–Trinajstić information content (AvgIpc) is 2.86. The van der Waals surface area contributed by atoms with Gasteiger partial charge < -0.3 is 20.6 Å². The summed E-state index contributed by atoms with van der Waals surface area (Å²) in [6.07, 6.45) is 0. The Balaban J connectivity index is 1.74. The fourth-order valence-electron chi connectivity index (χ4n) is 2.22. The molecule has 0 fully saturated rings. The molecule has 0 saturated carbocycles. The van der Waals surface area contributed by atoms with E-state index < -0.39 is 6.03 Å². The normalized spacial score (nSPS) is 10.5. The number of hydrogen-bond acceptors (Lipinski definition) is 3. The number of amides is 2. The summed E-state index contributed by atoms with van der Waals surface area (Å²) in [5.74, 6) is -0.0732. The molecule has 3 rings (SSSR count). The molecule has 0 radical (unpaired) electrons. The van der Waals surface area contributed by atoms with Gasteiger partial charge in [-0.15, -0.1) is 0 Å². The maximum absolute atomic E-state index is 12.0. The second-order valence-corrected chi connectivity index (χ2v) is 5.06. The number of carbonyl (C=O) groups is 2. The highest BCUT2D eigenvalue weighted by Gasteiger charge is 2.06. The first-order valence-electron chi connectivity index (χ1n) is 6.92. The van der Waals surface area contributed by atoms with Gasteiger partial charge in [0.25, 0.3) is 0 Å². The van der Waals surface area contributed by atoms with E-state index in [1.807, 2.05) is 0 Å². The molecule has 3 aromatic rings. The van der Waals surface area contributed by atoms with Crippen molar-refractivity contribution >= 4 is 34.2 Å². The van der Waals surface area contributed by atoms with Crippen molar-refractivity contribution in [3.8, 4) is 0 Å². The van der Waals surface area contributed by atoms with Gasteiger partial charge in [-0.05, 0) is 37.3 Å². The minimum absolute atomic E-state index is 0.0732. The molecule has 0 aliphatic heterocycles.